The van der Waals surface area contributed by atoms with Gasteiger partial charge >= 0.3 is 0 Å². The first-order valence-corrected chi connectivity index (χ1v) is 8.94. The van der Waals surface area contributed by atoms with Crippen molar-refractivity contribution in [1.29, 1.82) is 0 Å². The number of nitrogens with two attached hydrogens (primary N) is 1. The van der Waals surface area contributed by atoms with Crippen LogP contribution in [0, 0.1) is 11.8 Å². The molecule has 1 heterocycles. The zero-order chi connectivity index (χ0) is 13.9. The molecule has 0 spiro atoms. The van der Waals surface area contributed by atoms with Gasteiger partial charge < -0.3 is 5.73 Å². The molecule has 0 aromatic carbocycles. The van der Waals surface area contributed by atoms with E-state index in [0.29, 0.717) is 31.5 Å². The van der Waals surface area contributed by atoms with Crippen LogP contribution in [0.25, 0.3) is 0 Å². The van der Waals surface area contributed by atoms with Gasteiger partial charge in [-0.15, -0.1) is 0 Å². The Balaban J connectivity index is 1.98. The lowest BCUT2D eigenvalue weighted by atomic mass is 9.99. The number of hydrogen-bond acceptors (Lipinski definition) is 3. The third-order valence-corrected chi connectivity index (χ3v) is 6.09. The lowest BCUT2D eigenvalue weighted by Crippen LogP contribution is -2.52. The van der Waals surface area contributed by atoms with E-state index in [2.05, 4.69) is 11.6 Å². The highest BCUT2D eigenvalue weighted by Gasteiger charge is 2.32. The Hall–Kier alpha value is -0.170. The Morgan fingerprint density at radius 3 is 2.53 bits per heavy atom. The molecular weight excluding hydrogens is 262 g/mol. The quantitative estimate of drug-likeness (QED) is 0.795. The van der Waals surface area contributed by atoms with Gasteiger partial charge in [-0.05, 0) is 37.5 Å². The van der Waals surface area contributed by atoms with Crippen molar-refractivity contribution in [3.63, 3.8) is 0 Å². The van der Waals surface area contributed by atoms with E-state index in [4.69, 9.17) is 5.73 Å². The minimum Gasteiger partial charge on any atom is -0.329 e. The van der Waals surface area contributed by atoms with Gasteiger partial charge in [0.1, 0.15) is 0 Å². The summed E-state index contributed by atoms with van der Waals surface area (Å²) in [6.07, 6.45) is 6.67. The Bertz CT molecular complexity index is 379. The van der Waals surface area contributed by atoms with Crippen LogP contribution in [-0.4, -0.2) is 38.4 Å². The average Bonchev–Trinajstić information content (AvgIpc) is 2.90. The Morgan fingerprint density at radius 1 is 1.26 bits per heavy atom. The van der Waals surface area contributed by atoms with Crippen LogP contribution in [0.3, 0.4) is 0 Å². The second kappa shape index (κ2) is 6.52. The first kappa shape index (κ1) is 15.2. The Labute approximate surface area is 117 Å². The minimum atomic E-state index is -3.36. The topological polar surface area (TPSA) is 75.4 Å². The molecule has 2 fully saturated rings. The van der Waals surface area contributed by atoms with E-state index in [9.17, 15) is 8.42 Å². The monoisotopic (exact) mass is 289 g/mol. The van der Waals surface area contributed by atoms with Crippen molar-refractivity contribution in [2.45, 2.75) is 51.5 Å². The smallest absolute Gasteiger partial charge is 0.279 e. The van der Waals surface area contributed by atoms with Crippen LogP contribution in [0.5, 0.6) is 0 Å². The highest BCUT2D eigenvalue weighted by atomic mass is 32.2. The van der Waals surface area contributed by atoms with Crippen molar-refractivity contribution in [3.8, 4) is 0 Å². The van der Waals surface area contributed by atoms with Crippen molar-refractivity contribution < 1.29 is 8.42 Å². The predicted octanol–water partition coefficient (Wildman–Crippen LogP) is 1.07. The van der Waals surface area contributed by atoms with Gasteiger partial charge in [0.25, 0.3) is 10.2 Å². The fourth-order valence-electron chi connectivity index (χ4n) is 3.33. The van der Waals surface area contributed by atoms with E-state index in [1.165, 1.54) is 12.8 Å². The molecule has 0 radical (unpaired) electrons. The van der Waals surface area contributed by atoms with Crippen molar-refractivity contribution >= 4 is 10.2 Å². The molecule has 1 aliphatic heterocycles. The van der Waals surface area contributed by atoms with Crippen LogP contribution < -0.4 is 10.5 Å². The van der Waals surface area contributed by atoms with Crippen molar-refractivity contribution in [3.05, 3.63) is 0 Å². The molecule has 2 unspecified atom stereocenters. The Morgan fingerprint density at radius 2 is 1.95 bits per heavy atom. The summed E-state index contributed by atoms with van der Waals surface area (Å²) in [6.45, 7) is 3.78. The first-order valence-electron chi connectivity index (χ1n) is 7.50. The standard InChI is InChI=1S/C13H27N3O2S/c1-11-5-4-8-16(10-11)19(17,18)15-13(9-14)12-6-2-3-7-12/h11-13,15H,2-10,14H2,1H3. The lowest BCUT2D eigenvalue weighted by Gasteiger charge is -2.32. The van der Waals surface area contributed by atoms with Crippen molar-refractivity contribution in [2.75, 3.05) is 19.6 Å². The van der Waals surface area contributed by atoms with Crippen molar-refractivity contribution in [1.82, 2.24) is 9.03 Å². The number of piperidine rings is 1. The molecule has 3 N–H and O–H groups in total. The molecule has 0 aromatic heterocycles. The molecule has 0 aromatic rings. The molecule has 0 amide bonds. The number of hydrogen-bond donors (Lipinski definition) is 2. The Kier molecular flexibility index (Phi) is 5.22. The van der Waals surface area contributed by atoms with E-state index in [1.54, 1.807) is 4.31 Å². The molecule has 112 valence electrons. The predicted molar refractivity (Wildman–Crippen MR) is 76.8 cm³/mol. The first-order chi connectivity index (χ1) is 9.03. The number of nitrogens with one attached hydrogen (secondary N) is 1. The number of nitrogens with zero attached hydrogens (tertiary/aromatic N) is 1. The van der Waals surface area contributed by atoms with Crippen LogP contribution in [-0.2, 0) is 10.2 Å². The molecule has 0 bridgehead atoms. The highest BCUT2D eigenvalue weighted by molar-refractivity contribution is 7.87. The summed E-state index contributed by atoms with van der Waals surface area (Å²) >= 11 is 0. The van der Waals surface area contributed by atoms with Gasteiger partial charge in [-0.25, -0.2) is 0 Å². The molecule has 1 saturated heterocycles. The average molecular weight is 289 g/mol. The summed E-state index contributed by atoms with van der Waals surface area (Å²) in [5.41, 5.74) is 5.77. The summed E-state index contributed by atoms with van der Waals surface area (Å²) in [7, 11) is -3.36. The van der Waals surface area contributed by atoms with E-state index < -0.39 is 10.2 Å². The fourth-order valence-corrected chi connectivity index (χ4v) is 4.97. The van der Waals surface area contributed by atoms with E-state index in [-0.39, 0.29) is 6.04 Å². The van der Waals surface area contributed by atoms with E-state index in [1.807, 2.05) is 0 Å². The van der Waals surface area contributed by atoms with E-state index in [0.717, 1.165) is 25.7 Å². The van der Waals surface area contributed by atoms with Gasteiger partial charge in [-0.1, -0.05) is 19.8 Å². The second-order valence-corrected chi connectivity index (χ2v) is 7.82. The SMILES string of the molecule is CC1CCCN(S(=O)(=O)NC(CN)C2CCCC2)C1. The fraction of sp³-hybridized carbons (Fsp3) is 1.00. The maximum Gasteiger partial charge on any atom is 0.279 e. The third-order valence-electron chi connectivity index (χ3n) is 4.48. The van der Waals surface area contributed by atoms with Gasteiger partial charge in [0.2, 0.25) is 0 Å². The maximum absolute atomic E-state index is 12.4. The zero-order valence-corrected chi connectivity index (χ0v) is 12.7. The van der Waals surface area contributed by atoms with Crippen LogP contribution in [0.2, 0.25) is 0 Å². The van der Waals surface area contributed by atoms with Crippen molar-refractivity contribution in [2.24, 2.45) is 17.6 Å². The summed E-state index contributed by atoms with van der Waals surface area (Å²) in [5, 5.41) is 0. The molecule has 2 aliphatic rings. The summed E-state index contributed by atoms with van der Waals surface area (Å²) < 4.78 is 29.3. The molecule has 6 heteroatoms. The largest absolute Gasteiger partial charge is 0.329 e. The lowest BCUT2D eigenvalue weighted by molar-refractivity contribution is 0.273. The van der Waals surface area contributed by atoms with Crippen LogP contribution >= 0.6 is 0 Å². The summed E-state index contributed by atoms with van der Waals surface area (Å²) in [6, 6.07) is -0.0928. The zero-order valence-electron chi connectivity index (χ0n) is 11.8. The van der Waals surface area contributed by atoms with Gasteiger partial charge in [0.15, 0.2) is 0 Å². The normalized spacial score (nSPS) is 28.6. The third kappa shape index (κ3) is 3.90. The van der Waals surface area contributed by atoms with Crippen LogP contribution in [0.1, 0.15) is 45.4 Å². The molecule has 2 rings (SSSR count). The van der Waals surface area contributed by atoms with Crippen LogP contribution in [0.15, 0.2) is 0 Å². The van der Waals surface area contributed by atoms with Gasteiger partial charge in [0.05, 0.1) is 0 Å². The summed E-state index contributed by atoms with van der Waals surface area (Å²) in [5.74, 6) is 0.870. The molecule has 19 heavy (non-hydrogen) atoms. The van der Waals surface area contributed by atoms with Gasteiger partial charge in [0, 0.05) is 25.7 Å². The molecule has 2 atom stereocenters. The molecular formula is C13H27N3O2S. The number of rotatable bonds is 5. The summed E-state index contributed by atoms with van der Waals surface area (Å²) in [4.78, 5) is 0. The minimum absolute atomic E-state index is 0.0928. The highest BCUT2D eigenvalue weighted by Crippen LogP contribution is 2.28. The molecule has 1 aliphatic carbocycles. The second-order valence-electron chi connectivity index (χ2n) is 6.12. The van der Waals surface area contributed by atoms with Gasteiger partial charge in [-0.2, -0.15) is 17.4 Å². The maximum atomic E-state index is 12.4. The van der Waals surface area contributed by atoms with Crippen LogP contribution in [0.4, 0.5) is 0 Å². The molecule has 1 saturated carbocycles. The van der Waals surface area contributed by atoms with Gasteiger partial charge in [-0.3, -0.25) is 0 Å². The molecule has 5 nitrogen and oxygen atoms in total. The van der Waals surface area contributed by atoms with E-state index >= 15 is 0 Å².